The maximum absolute atomic E-state index is 3.27. The summed E-state index contributed by atoms with van der Waals surface area (Å²) in [6.45, 7) is 4.17. The average molecular weight is 125 g/mol. The van der Waals surface area contributed by atoms with Crippen LogP contribution in [-0.2, 0) is 0 Å². The van der Waals surface area contributed by atoms with Crippen molar-refractivity contribution in [2.45, 2.75) is 18.7 Å². The molecule has 4 heavy (non-hydrogen) atoms. The van der Waals surface area contributed by atoms with Crippen LogP contribution in [0, 0.1) is 0 Å². The van der Waals surface area contributed by atoms with Crippen molar-refractivity contribution in [2.24, 2.45) is 0 Å². The van der Waals surface area contributed by atoms with Crippen LogP contribution in [0.2, 0.25) is 0 Å². The zero-order valence-electron chi connectivity index (χ0n) is 2.96. The minimum absolute atomic E-state index is 0.646. The minimum atomic E-state index is 0.646. The predicted octanol–water partition coefficient (Wildman–Crippen LogP) is 1.79. The Morgan fingerprint density at radius 3 is 1.50 bits per heavy atom. The number of hydrogen-bond acceptors (Lipinski definition) is 0. The molecule has 0 radical (unpaired) electrons. The van der Waals surface area contributed by atoms with Gasteiger partial charge in [0.25, 0.3) is 0 Å². The highest BCUT2D eigenvalue weighted by Gasteiger charge is 1.71. The Bertz CT molecular complexity index is 8.00. The van der Waals surface area contributed by atoms with E-state index in [1.807, 2.05) is 0 Å². The zero-order valence-corrected chi connectivity index (χ0v) is 4.54. The molecule has 0 amide bonds. The van der Waals surface area contributed by atoms with Gasteiger partial charge in [-0.15, -0.1) is 0 Å². The SMILES string of the molecule is [13CH3]C([13CH3])Br. The van der Waals surface area contributed by atoms with Gasteiger partial charge in [-0.2, -0.15) is 0 Å². The third kappa shape index (κ3) is 23.6. The lowest BCUT2D eigenvalue weighted by molar-refractivity contribution is 1.14. The van der Waals surface area contributed by atoms with Crippen LogP contribution in [0.1, 0.15) is 13.8 Å². The van der Waals surface area contributed by atoms with Gasteiger partial charge in [0.05, 0.1) is 0 Å². The minimum Gasteiger partial charge on any atom is -0.0897 e. The van der Waals surface area contributed by atoms with Gasteiger partial charge in [-0.05, 0) is 0 Å². The summed E-state index contributed by atoms with van der Waals surface area (Å²) in [4.78, 5) is 0.646. The van der Waals surface area contributed by atoms with Crippen LogP contribution >= 0.6 is 15.9 Å². The molecule has 0 rings (SSSR count). The maximum Gasteiger partial charge on any atom is 0.00888 e. The van der Waals surface area contributed by atoms with E-state index in [1.54, 1.807) is 0 Å². The first-order valence-electron chi connectivity index (χ1n) is 1.37. The van der Waals surface area contributed by atoms with E-state index in [-0.39, 0.29) is 0 Å². The second-order valence-corrected chi connectivity index (χ2v) is 2.85. The molecule has 0 aliphatic rings. The summed E-state index contributed by atoms with van der Waals surface area (Å²) >= 11 is 3.27. The predicted molar refractivity (Wildman–Crippen MR) is 24.1 cm³/mol. The first-order chi connectivity index (χ1) is 1.73. The summed E-state index contributed by atoms with van der Waals surface area (Å²) in [5, 5.41) is 0. The van der Waals surface area contributed by atoms with Gasteiger partial charge in [0, 0.05) is 4.83 Å². The van der Waals surface area contributed by atoms with Crippen molar-refractivity contribution in [3.63, 3.8) is 0 Å². The molecule has 0 atom stereocenters. The molecule has 0 saturated heterocycles. The van der Waals surface area contributed by atoms with Crippen LogP contribution in [0.25, 0.3) is 0 Å². The Morgan fingerprint density at radius 2 is 1.50 bits per heavy atom. The van der Waals surface area contributed by atoms with Gasteiger partial charge in [0.15, 0.2) is 0 Å². The first kappa shape index (κ1) is 4.48. The number of halogens is 1. The fraction of sp³-hybridized carbons (Fsp3) is 1.00. The van der Waals surface area contributed by atoms with Crippen LogP contribution < -0.4 is 0 Å². The van der Waals surface area contributed by atoms with E-state index in [2.05, 4.69) is 29.8 Å². The summed E-state index contributed by atoms with van der Waals surface area (Å²) in [7, 11) is 0. The quantitative estimate of drug-likeness (QED) is 0.342. The largest absolute Gasteiger partial charge is 0.0897 e. The molecule has 0 fully saturated rings. The topological polar surface area (TPSA) is 0 Å². The van der Waals surface area contributed by atoms with Crippen LogP contribution in [0.5, 0.6) is 0 Å². The molecule has 0 nitrogen and oxygen atoms in total. The van der Waals surface area contributed by atoms with Gasteiger partial charge in [-0.25, -0.2) is 0 Å². The van der Waals surface area contributed by atoms with E-state index in [0.29, 0.717) is 4.83 Å². The molecule has 0 aromatic carbocycles. The smallest absolute Gasteiger partial charge is 0.00888 e. The van der Waals surface area contributed by atoms with Crippen molar-refractivity contribution in [3.05, 3.63) is 0 Å². The second kappa shape index (κ2) is 1.77. The molecule has 0 aromatic rings. The van der Waals surface area contributed by atoms with E-state index >= 15 is 0 Å². The third-order valence-corrected chi connectivity index (χ3v) is 0. The Kier molecular flexibility index (Phi) is 1.98. The van der Waals surface area contributed by atoms with Crippen molar-refractivity contribution in [1.29, 1.82) is 0 Å². The summed E-state index contributed by atoms with van der Waals surface area (Å²) < 4.78 is 0. The third-order valence-electron chi connectivity index (χ3n) is 0. The summed E-state index contributed by atoms with van der Waals surface area (Å²) in [5.74, 6) is 0. The molecule has 26 valence electrons. The molecule has 0 N–H and O–H groups in total. The Hall–Kier alpha value is 0.480. The highest BCUT2D eigenvalue weighted by molar-refractivity contribution is 9.09. The van der Waals surface area contributed by atoms with Crippen molar-refractivity contribution >= 4 is 15.9 Å². The molecule has 0 aliphatic heterocycles. The van der Waals surface area contributed by atoms with Crippen molar-refractivity contribution < 1.29 is 0 Å². The summed E-state index contributed by atoms with van der Waals surface area (Å²) in [6, 6.07) is 0. The normalized spacial score (nSPS) is 9.00. The van der Waals surface area contributed by atoms with E-state index < -0.39 is 0 Å². The molecule has 0 saturated carbocycles. The van der Waals surface area contributed by atoms with Gasteiger partial charge in [0.1, 0.15) is 0 Å². The molecule has 0 bridgehead atoms. The van der Waals surface area contributed by atoms with Crippen LogP contribution in [0.3, 0.4) is 0 Å². The number of alkyl halides is 1. The molecular weight excluding hydrogens is 118 g/mol. The van der Waals surface area contributed by atoms with Crippen LogP contribution in [0.4, 0.5) is 0 Å². The van der Waals surface area contributed by atoms with Gasteiger partial charge in [-0.3, -0.25) is 0 Å². The molecule has 0 heterocycles. The standard InChI is InChI=1S/C3H7Br/c1-3(2)4/h3H,1-2H3/i1+1,2+1. The molecule has 0 aliphatic carbocycles. The van der Waals surface area contributed by atoms with Crippen LogP contribution in [-0.4, -0.2) is 4.83 Å². The molecule has 0 spiro atoms. The average Bonchev–Trinajstić information content (AvgIpc) is 0.811. The number of rotatable bonds is 0. The van der Waals surface area contributed by atoms with E-state index in [9.17, 15) is 0 Å². The summed E-state index contributed by atoms with van der Waals surface area (Å²) in [6.07, 6.45) is 0. The van der Waals surface area contributed by atoms with Gasteiger partial charge < -0.3 is 0 Å². The lowest BCUT2D eigenvalue weighted by Crippen LogP contribution is -1.69. The lowest BCUT2D eigenvalue weighted by atomic mass is 11.0. The zero-order chi connectivity index (χ0) is 3.58. The number of hydrogen-bond donors (Lipinski definition) is 0. The molecule has 0 unspecified atom stereocenters. The van der Waals surface area contributed by atoms with Gasteiger partial charge in [-0.1, -0.05) is 29.8 Å². The van der Waals surface area contributed by atoms with E-state index in [1.165, 1.54) is 0 Å². The molecule has 1 heteroatoms. The fourth-order valence-electron chi connectivity index (χ4n) is 0. The Balaban J connectivity index is 2.32. The monoisotopic (exact) mass is 124 g/mol. The van der Waals surface area contributed by atoms with Gasteiger partial charge in [0.2, 0.25) is 0 Å². The lowest BCUT2D eigenvalue weighted by Gasteiger charge is -1.76. The summed E-state index contributed by atoms with van der Waals surface area (Å²) in [5.41, 5.74) is 0. The maximum atomic E-state index is 3.27. The highest BCUT2D eigenvalue weighted by atomic mass is 79.9. The van der Waals surface area contributed by atoms with Crippen molar-refractivity contribution in [2.75, 3.05) is 0 Å². The van der Waals surface area contributed by atoms with E-state index in [0.717, 1.165) is 0 Å². The highest BCUT2D eigenvalue weighted by Crippen LogP contribution is 1.89. The van der Waals surface area contributed by atoms with Crippen LogP contribution in [0.15, 0.2) is 0 Å². The fourth-order valence-corrected chi connectivity index (χ4v) is 0. The Morgan fingerprint density at radius 1 is 1.50 bits per heavy atom. The van der Waals surface area contributed by atoms with Crippen molar-refractivity contribution in [3.8, 4) is 0 Å². The van der Waals surface area contributed by atoms with Crippen molar-refractivity contribution in [1.82, 2.24) is 0 Å². The Labute approximate surface area is 35.3 Å². The van der Waals surface area contributed by atoms with Gasteiger partial charge >= 0.3 is 0 Å². The van der Waals surface area contributed by atoms with E-state index in [4.69, 9.17) is 0 Å². The molecular formula is C3H7Br. The first-order valence-corrected chi connectivity index (χ1v) is 2.29. The second-order valence-electron chi connectivity index (χ2n) is 1.01. The molecule has 0 aromatic heterocycles.